The molecule has 1 heterocycles. The number of halogens is 2. The highest BCUT2D eigenvalue weighted by Gasteiger charge is 2.14. The number of oxazole rings is 1. The van der Waals surface area contributed by atoms with E-state index in [0.29, 0.717) is 11.1 Å². The monoisotopic (exact) mass is 401 g/mol. The Kier molecular flexibility index (Phi) is 6.33. The Labute approximate surface area is 165 Å². The predicted octanol–water partition coefficient (Wildman–Crippen LogP) is 4.08. The average molecular weight is 401 g/mol. The second-order valence-corrected chi connectivity index (χ2v) is 6.10. The SMILES string of the molecule is COC(=O)c1cccc(COC(=O)CCc2ncc(-c3ccc(F)cc3F)o2)c1. The lowest BCUT2D eigenvalue weighted by Gasteiger charge is -2.06. The third-order valence-corrected chi connectivity index (χ3v) is 4.04. The van der Waals surface area contributed by atoms with Crippen molar-refractivity contribution in [3.63, 3.8) is 0 Å². The molecule has 0 saturated carbocycles. The molecule has 0 spiro atoms. The third kappa shape index (κ3) is 5.25. The van der Waals surface area contributed by atoms with Crippen LogP contribution in [0.1, 0.15) is 28.2 Å². The summed E-state index contributed by atoms with van der Waals surface area (Å²) >= 11 is 0. The van der Waals surface area contributed by atoms with Gasteiger partial charge < -0.3 is 13.9 Å². The van der Waals surface area contributed by atoms with Crippen LogP contribution in [0.5, 0.6) is 0 Å². The van der Waals surface area contributed by atoms with E-state index >= 15 is 0 Å². The first-order chi connectivity index (χ1) is 14.0. The Morgan fingerprint density at radius 1 is 1.14 bits per heavy atom. The first-order valence-electron chi connectivity index (χ1n) is 8.69. The second kappa shape index (κ2) is 9.09. The number of hydrogen-bond acceptors (Lipinski definition) is 6. The first-order valence-corrected chi connectivity index (χ1v) is 8.69. The van der Waals surface area contributed by atoms with Gasteiger partial charge in [-0.3, -0.25) is 4.79 Å². The molecule has 0 atom stereocenters. The number of carbonyl (C=O) groups excluding carboxylic acids is 2. The Bertz CT molecular complexity index is 1030. The van der Waals surface area contributed by atoms with Gasteiger partial charge in [0.15, 0.2) is 11.7 Å². The van der Waals surface area contributed by atoms with Crippen LogP contribution in [0.15, 0.2) is 53.1 Å². The van der Waals surface area contributed by atoms with Gasteiger partial charge in [0.05, 0.1) is 30.9 Å². The van der Waals surface area contributed by atoms with Crippen molar-refractivity contribution in [2.75, 3.05) is 7.11 Å². The highest BCUT2D eigenvalue weighted by molar-refractivity contribution is 5.89. The highest BCUT2D eigenvalue weighted by Crippen LogP contribution is 2.24. The molecule has 1 aromatic heterocycles. The topological polar surface area (TPSA) is 78.6 Å². The molecule has 0 amide bonds. The molecule has 0 radical (unpaired) electrons. The van der Waals surface area contributed by atoms with E-state index in [9.17, 15) is 18.4 Å². The molecule has 29 heavy (non-hydrogen) atoms. The summed E-state index contributed by atoms with van der Waals surface area (Å²) in [6.07, 6.45) is 1.47. The molecule has 0 fully saturated rings. The maximum atomic E-state index is 13.8. The van der Waals surface area contributed by atoms with E-state index in [1.807, 2.05) is 0 Å². The summed E-state index contributed by atoms with van der Waals surface area (Å²) in [6, 6.07) is 9.69. The van der Waals surface area contributed by atoms with E-state index in [-0.39, 0.29) is 36.7 Å². The molecular formula is C21H17F2NO5. The molecule has 0 bridgehead atoms. The molecule has 2 aromatic carbocycles. The summed E-state index contributed by atoms with van der Waals surface area (Å²) in [4.78, 5) is 27.5. The van der Waals surface area contributed by atoms with Crippen LogP contribution < -0.4 is 0 Å². The minimum Gasteiger partial charge on any atom is -0.465 e. The smallest absolute Gasteiger partial charge is 0.337 e. The van der Waals surface area contributed by atoms with E-state index in [2.05, 4.69) is 9.72 Å². The Morgan fingerprint density at radius 2 is 1.97 bits per heavy atom. The number of methoxy groups -OCH3 is 1. The van der Waals surface area contributed by atoms with Crippen LogP contribution in [0, 0.1) is 11.6 Å². The van der Waals surface area contributed by atoms with Gasteiger partial charge in [0.2, 0.25) is 0 Å². The van der Waals surface area contributed by atoms with E-state index in [1.54, 1.807) is 24.3 Å². The fraction of sp³-hybridized carbons (Fsp3) is 0.190. The van der Waals surface area contributed by atoms with Gasteiger partial charge in [-0.2, -0.15) is 0 Å². The van der Waals surface area contributed by atoms with E-state index < -0.39 is 23.6 Å². The van der Waals surface area contributed by atoms with Gasteiger partial charge in [-0.25, -0.2) is 18.6 Å². The second-order valence-electron chi connectivity index (χ2n) is 6.10. The van der Waals surface area contributed by atoms with E-state index in [4.69, 9.17) is 9.15 Å². The summed E-state index contributed by atoms with van der Waals surface area (Å²) in [5, 5.41) is 0. The number of aromatic nitrogens is 1. The predicted molar refractivity (Wildman–Crippen MR) is 97.8 cm³/mol. The molecule has 0 aliphatic rings. The molecule has 150 valence electrons. The minimum atomic E-state index is -0.763. The van der Waals surface area contributed by atoms with Gasteiger partial charge in [0.1, 0.15) is 18.2 Å². The van der Waals surface area contributed by atoms with Gasteiger partial charge in [-0.15, -0.1) is 0 Å². The highest BCUT2D eigenvalue weighted by atomic mass is 19.1. The maximum Gasteiger partial charge on any atom is 0.337 e. The van der Waals surface area contributed by atoms with Crippen molar-refractivity contribution < 1.29 is 32.3 Å². The number of carbonyl (C=O) groups is 2. The molecule has 0 aliphatic heterocycles. The summed E-state index contributed by atoms with van der Waals surface area (Å²) in [5.41, 5.74) is 1.09. The molecule has 0 unspecified atom stereocenters. The van der Waals surface area contributed by atoms with Crippen LogP contribution in [0.3, 0.4) is 0 Å². The molecule has 3 aromatic rings. The van der Waals surface area contributed by atoms with Crippen LogP contribution >= 0.6 is 0 Å². The van der Waals surface area contributed by atoms with Gasteiger partial charge >= 0.3 is 11.9 Å². The molecule has 0 aliphatic carbocycles. The average Bonchev–Trinajstić information content (AvgIpc) is 3.19. The number of nitrogens with zero attached hydrogens (tertiary/aromatic N) is 1. The number of esters is 2. The Balaban J connectivity index is 1.52. The zero-order valence-electron chi connectivity index (χ0n) is 15.5. The van der Waals surface area contributed by atoms with Crippen LogP contribution in [0.25, 0.3) is 11.3 Å². The van der Waals surface area contributed by atoms with Crippen LogP contribution in [-0.4, -0.2) is 24.0 Å². The number of aryl methyl sites for hydroxylation is 1. The fourth-order valence-corrected chi connectivity index (χ4v) is 2.59. The summed E-state index contributed by atoms with van der Waals surface area (Å²) in [6.45, 7) is 0.00128. The lowest BCUT2D eigenvalue weighted by Crippen LogP contribution is -2.07. The van der Waals surface area contributed by atoms with Gasteiger partial charge in [0, 0.05) is 12.5 Å². The zero-order valence-corrected chi connectivity index (χ0v) is 15.5. The van der Waals surface area contributed by atoms with Crippen LogP contribution in [0.4, 0.5) is 8.78 Å². The van der Waals surface area contributed by atoms with E-state index in [0.717, 1.165) is 12.1 Å². The quantitative estimate of drug-likeness (QED) is 0.555. The lowest BCUT2D eigenvalue weighted by atomic mass is 10.1. The Morgan fingerprint density at radius 3 is 2.72 bits per heavy atom. The van der Waals surface area contributed by atoms with Crippen LogP contribution in [0.2, 0.25) is 0 Å². The van der Waals surface area contributed by atoms with Crippen molar-refractivity contribution in [1.82, 2.24) is 4.98 Å². The number of benzene rings is 2. The Hall–Kier alpha value is -3.55. The van der Waals surface area contributed by atoms with Gasteiger partial charge in [-0.1, -0.05) is 12.1 Å². The summed E-state index contributed by atoms with van der Waals surface area (Å²) in [7, 11) is 1.29. The molecule has 8 heteroatoms. The van der Waals surface area contributed by atoms with Crippen molar-refractivity contribution in [2.24, 2.45) is 0 Å². The van der Waals surface area contributed by atoms with Crippen molar-refractivity contribution in [3.05, 3.63) is 77.3 Å². The van der Waals surface area contributed by atoms with Gasteiger partial charge in [-0.05, 0) is 29.8 Å². The number of rotatable bonds is 7. The number of ether oxygens (including phenoxy) is 2. The van der Waals surface area contributed by atoms with Gasteiger partial charge in [0.25, 0.3) is 0 Å². The molecule has 6 nitrogen and oxygen atoms in total. The summed E-state index contributed by atoms with van der Waals surface area (Å²) in [5.74, 6) is -2.04. The maximum absolute atomic E-state index is 13.8. The van der Waals surface area contributed by atoms with Crippen molar-refractivity contribution in [1.29, 1.82) is 0 Å². The van der Waals surface area contributed by atoms with Crippen LogP contribution in [-0.2, 0) is 27.3 Å². The normalized spacial score (nSPS) is 10.6. The zero-order chi connectivity index (χ0) is 20.8. The van der Waals surface area contributed by atoms with Crippen molar-refractivity contribution in [2.45, 2.75) is 19.4 Å². The standard InChI is InChI=1S/C21H17F2NO5/c1-27-21(26)14-4-2-3-13(9-14)12-28-20(25)8-7-19-24-11-18(29-19)16-6-5-15(22)10-17(16)23/h2-6,9-11H,7-8,12H2,1H3. The fourth-order valence-electron chi connectivity index (χ4n) is 2.59. The molecular weight excluding hydrogens is 384 g/mol. The van der Waals surface area contributed by atoms with E-state index in [1.165, 1.54) is 19.4 Å². The first kappa shape index (κ1) is 20.2. The largest absolute Gasteiger partial charge is 0.465 e. The van der Waals surface area contributed by atoms with Crippen molar-refractivity contribution in [3.8, 4) is 11.3 Å². The minimum absolute atomic E-state index is 0.00128. The summed E-state index contributed by atoms with van der Waals surface area (Å²) < 4.78 is 42.0. The number of hydrogen-bond donors (Lipinski definition) is 0. The molecule has 3 rings (SSSR count). The molecule has 0 N–H and O–H groups in total. The molecule has 0 saturated heterocycles. The third-order valence-electron chi connectivity index (χ3n) is 4.04. The lowest BCUT2D eigenvalue weighted by molar-refractivity contribution is -0.145. The van der Waals surface area contributed by atoms with Crippen molar-refractivity contribution >= 4 is 11.9 Å².